The van der Waals surface area contributed by atoms with Gasteiger partial charge in [-0.15, -0.1) is 0 Å². The molecular formula is C20H25N2O3S2+. The minimum atomic E-state index is 0.00830. The van der Waals surface area contributed by atoms with Crippen LogP contribution in [0.5, 0.6) is 5.75 Å². The summed E-state index contributed by atoms with van der Waals surface area (Å²) in [4.78, 5) is 16.6. The van der Waals surface area contributed by atoms with E-state index in [0.29, 0.717) is 22.4 Å². The lowest BCUT2D eigenvalue weighted by atomic mass is 10.2. The van der Waals surface area contributed by atoms with Crippen LogP contribution in [0, 0.1) is 0 Å². The van der Waals surface area contributed by atoms with Gasteiger partial charge in [0.05, 0.1) is 24.7 Å². The summed E-state index contributed by atoms with van der Waals surface area (Å²) in [5.41, 5.74) is 0.958. The fourth-order valence-corrected chi connectivity index (χ4v) is 4.37. The summed E-state index contributed by atoms with van der Waals surface area (Å²) in [6.07, 6.45) is 4.55. The quantitative estimate of drug-likeness (QED) is 0.406. The molecule has 5 nitrogen and oxygen atoms in total. The van der Waals surface area contributed by atoms with Gasteiger partial charge in [0.2, 0.25) is 0 Å². The van der Waals surface area contributed by atoms with Crippen molar-refractivity contribution < 1.29 is 19.2 Å². The molecule has 3 rings (SSSR count). The van der Waals surface area contributed by atoms with Crippen LogP contribution in [-0.2, 0) is 9.53 Å². The van der Waals surface area contributed by atoms with Crippen LogP contribution in [0.3, 0.4) is 0 Å². The maximum absolute atomic E-state index is 12.7. The second-order valence-corrected chi connectivity index (χ2v) is 8.14. The predicted octanol–water partition coefficient (Wildman–Crippen LogP) is 1.76. The molecule has 2 aliphatic heterocycles. The summed E-state index contributed by atoms with van der Waals surface area (Å²) in [5.74, 6) is 0.791. The lowest BCUT2D eigenvalue weighted by molar-refractivity contribution is -0.908. The van der Waals surface area contributed by atoms with E-state index in [2.05, 4.69) is 6.58 Å². The summed E-state index contributed by atoms with van der Waals surface area (Å²) in [7, 11) is 0. The number of rotatable bonds is 8. The first-order valence-electron chi connectivity index (χ1n) is 9.18. The van der Waals surface area contributed by atoms with E-state index in [0.717, 1.165) is 50.6 Å². The number of amides is 1. The Labute approximate surface area is 170 Å². The van der Waals surface area contributed by atoms with E-state index < -0.39 is 0 Å². The first kappa shape index (κ1) is 20.1. The zero-order valence-corrected chi connectivity index (χ0v) is 16.9. The summed E-state index contributed by atoms with van der Waals surface area (Å²) in [5, 5.41) is 0. The van der Waals surface area contributed by atoms with E-state index in [4.69, 9.17) is 21.7 Å². The molecule has 2 saturated heterocycles. The molecular weight excluding hydrogens is 380 g/mol. The second kappa shape index (κ2) is 10.0. The third-order valence-electron chi connectivity index (χ3n) is 4.53. The molecule has 7 heteroatoms. The van der Waals surface area contributed by atoms with Gasteiger partial charge in [-0.05, 0) is 23.8 Å². The van der Waals surface area contributed by atoms with Crippen LogP contribution in [0.2, 0.25) is 0 Å². The van der Waals surface area contributed by atoms with Gasteiger partial charge in [0.15, 0.2) is 0 Å². The van der Waals surface area contributed by atoms with Gasteiger partial charge in [-0.1, -0.05) is 48.8 Å². The Balaban J connectivity index is 1.54. The molecule has 0 bridgehead atoms. The molecule has 0 saturated carbocycles. The fourth-order valence-electron chi connectivity index (χ4n) is 3.06. The van der Waals surface area contributed by atoms with E-state index in [-0.39, 0.29) is 5.91 Å². The van der Waals surface area contributed by atoms with Crippen LogP contribution in [0.1, 0.15) is 12.0 Å². The topological polar surface area (TPSA) is 43.2 Å². The van der Waals surface area contributed by atoms with E-state index in [1.807, 2.05) is 30.3 Å². The number of benzene rings is 1. The highest BCUT2D eigenvalue weighted by atomic mass is 32.2. The van der Waals surface area contributed by atoms with Gasteiger partial charge >= 0.3 is 0 Å². The van der Waals surface area contributed by atoms with Crippen molar-refractivity contribution in [3.8, 4) is 5.75 Å². The van der Waals surface area contributed by atoms with Crippen LogP contribution < -0.4 is 9.64 Å². The van der Waals surface area contributed by atoms with Crippen molar-refractivity contribution in [2.45, 2.75) is 6.42 Å². The number of morpholine rings is 1. The van der Waals surface area contributed by atoms with Gasteiger partial charge in [0.25, 0.3) is 5.91 Å². The monoisotopic (exact) mass is 405 g/mol. The summed E-state index contributed by atoms with van der Waals surface area (Å²) in [6.45, 7) is 9.59. The molecule has 1 amide bonds. The smallest absolute Gasteiger partial charge is 0.266 e. The number of nitrogens with zero attached hydrogens (tertiary/aromatic N) is 1. The minimum Gasteiger partial charge on any atom is -0.490 e. The number of thiocarbonyl (C=S) groups is 1. The van der Waals surface area contributed by atoms with Crippen molar-refractivity contribution in [1.29, 1.82) is 0 Å². The Hall–Kier alpha value is -1.67. The van der Waals surface area contributed by atoms with Crippen LogP contribution in [0.25, 0.3) is 6.08 Å². The van der Waals surface area contributed by atoms with E-state index in [1.165, 1.54) is 11.8 Å². The predicted molar refractivity (Wildman–Crippen MR) is 113 cm³/mol. The third kappa shape index (κ3) is 5.65. The van der Waals surface area contributed by atoms with Gasteiger partial charge in [0, 0.05) is 13.0 Å². The zero-order chi connectivity index (χ0) is 19.1. The SMILES string of the molecule is C=CCOc1ccc(/C=C2\SC(=S)N(CCC[NH+]3CCOCC3)C2=O)cc1. The number of carbonyl (C=O) groups is 1. The number of hydrogen-bond donors (Lipinski definition) is 1. The Kier molecular flexibility index (Phi) is 7.46. The van der Waals surface area contributed by atoms with E-state index in [9.17, 15) is 4.79 Å². The van der Waals surface area contributed by atoms with E-state index in [1.54, 1.807) is 15.9 Å². The number of nitrogens with one attached hydrogen (secondary N) is 1. The van der Waals surface area contributed by atoms with Crippen molar-refractivity contribution in [1.82, 2.24) is 4.90 Å². The summed E-state index contributed by atoms with van der Waals surface area (Å²) < 4.78 is 11.5. The average Bonchev–Trinajstić information content (AvgIpc) is 2.95. The van der Waals surface area contributed by atoms with E-state index >= 15 is 0 Å². The number of quaternary nitrogens is 1. The highest BCUT2D eigenvalue weighted by Gasteiger charge is 2.31. The molecule has 2 heterocycles. The molecule has 0 aromatic heterocycles. The summed E-state index contributed by atoms with van der Waals surface area (Å²) in [6, 6.07) is 7.65. The van der Waals surface area contributed by atoms with Gasteiger partial charge in [-0.25, -0.2) is 0 Å². The normalized spacial score (nSPS) is 19.7. The number of carbonyl (C=O) groups excluding carboxylic acids is 1. The number of hydrogen-bond acceptors (Lipinski definition) is 5. The first-order valence-corrected chi connectivity index (χ1v) is 10.4. The lowest BCUT2D eigenvalue weighted by Gasteiger charge is -2.24. The van der Waals surface area contributed by atoms with Gasteiger partial charge < -0.3 is 14.4 Å². The van der Waals surface area contributed by atoms with Crippen LogP contribution in [0.15, 0.2) is 41.8 Å². The van der Waals surface area contributed by atoms with Crippen LogP contribution in [-0.4, -0.2) is 61.1 Å². The third-order valence-corrected chi connectivity index (χ3v) is 5.91. The van der Waals surface area contributed by atoms with Gasteiger partial charge in [-0.3, -0.25) is 9.69 Å². The zero-order valence-electron chi connectivity index (χ0n) is 15.3. The van der Waals surface area contributed by atoms with Crippen molar-refractivity contribution >= 4 is 40.3 Å². The summed E-state index contributed by atoms with van der Waals surface area (Å²) >= 11 is 6.80. The van der Waals surface area contributed by atoms with Crippen molar-refractivity contribution in [3.05, 3.63) is 47.4 Å². The maximum atomic E-state index is 12.7. The molecule has 0 radical (unpaired) electrons. The molecule has 0 unspecified atom stereocenters. The molecule has 0 spiro atoms. The Bertz CT molecular complexity index is 712. The second-order valence-electron chi connectivity index (χ2n) is 6.47. The Morgan fingerprint density at radius 2 is 2.04 bits per heavy atom. The molecule has 1 N–H and O–H groups in total. The number of ether oxygens (including phenoxy) is 2. The molecule has 144 valence electrons. The average molecular weight is 406 g/mol. The van der Waals surface area contributed by atoms with Crippen molar-refractivity contribution in [2.75, 3.05) is 46.0 Å². The standard InChI is InChI=1S/C20H24N2O3S2/c1-2-12-25-17-6-4-16(5-7-17)15-18-19(23)22(20(26)27-18)9-3-8-21-10-13-24-14-11-21/h2,4-7,15H,1,3,8-14H2/p+1/b18-15-. The van der Waals surface area contributed by atoms with Crippen molar-refractivity contribution in [2.24, 2.45) is 0 Å². The Morgan fingerprint density at radius 1 is 1.30 bits per heavy atom. The molecule has 2 fully saturated rings. The van der Waals surface area contributed by atoms with Crippen LogP contribution >= 0.6 is 24.0 Å². The maximum Gasteiger partial charge on any atom is 0.266 e. The number of thioether (sulfide) groups is 1. The Morgan fingerprint density at radius 3 is 2.74 bits per heavy atom. The van der Waals surface area contributed by atoms with Gasteiger partial charge in [-0.2, -0.15) is 0 Å². The molecule has 27 heavy (non-hydrogen) atoms. The minimum absolute atomic E-state index is 0.00830. The molecule has 1 aromatic rings. The fraction of sp³-hybridized carbons (Fsp3) is 0.400. The molecule has 0 aliphatic carbocycles. The molecule has 0 atom stereocenters. The molecule has 1 aromatic carbocycles. The molecule has 2 aliphatic rings. The highest BCUT2D eigenvalue weighted by Crippen LogP contribution is 2.32. The lowest BCUT2D eigenvalue weighted by Crippen LogP contribution is -3.14. The highest BCUT2D eigenvalue weighted by molar-refractivity contribution is 8.26. The van der Waals surface area contributed by atoms with Gasteiger partial charge in [0.1, 0.15) is 29.8 Å². The van der Waals surface area contributed by atoms with Crippen molar-refractivity contribution in [3.63, 3.8) is 0 Å². The largest absolute Gasteiger partial charge is 0.490 e. The van der Waals surface area contributed by atoms with Crippen LogP contribution in [0.4, 0.5) is 0 Å². The first-order chi connectivity index (χ1) is 13.2.